The fraction of sp³-hybridized carbons (Fsp3) is 0.200. The number of nitrogens with two attached hydrogens (primary N) is 1. The minimum absolute atomic E-state index is 0.152. The number of aromatic nitrogens is 2. The predicted octanol–water partition coefficient (Wildman–Crippen LogP) is 4.94. The Kier molecular flexibility index (Phi) is 4.31. The van der Waals surface area contributed by atoms with Gasteiger partial charge in [-0.15, -0.1) is 0 Å². The van der Waals surface area contributed by atoms with Crippen molar-refractivity contribution in [1.82, 2.24) is 9.78 Å². The van der Waals surface area contributed by atoms with Crippen LogP contribution in [0.4, 0.5) is 5.69 Å². The Hall–Kier alpha value is -3.60. The number of hydrogen-bond donors (Lipinski definition) is 1. The summed E-state index contributed by atoms with van der Waals surface area (Å²) >= 11 is 0. The number of anilines is 1. The molecule has 1 heterocycles. The van der Waals surface area contributed by atoms with Gasteiger partial charge in [0.15, 0.2) is 5.78 Å². The molecule has 1 aromatic heterocycles. The molecule has 5 rings (SSSR count). The highest BCUT2D eigenvalue weighted by Gasteiger charge is 2.34. The minimum atomic E-state index is -0.915. The summed E-state index contributed by atoms with van der Waals surface area (Å²) in [7, 11) is 0. The first kappa shape index (κ1) is 18.4. The van der Waals surface area contributed by atoms with Crippen LogP contribution < -0.4 is 10.5 Å². The standard InChI is InChI=1S/C25H23N3O2/c1-25(18-9-3-2-4-10-18,28-16-17-8-5-6-12-21(17)27-28)30-23-15-14-19-20(24(23)26)11-7-13-22(19)29/h2-6,8-10,12,14-16H,7,11,13,26H2,1H3/t25-/m0/s1. The molecule has 1 atom stereocenters. The molecule has 150 valence electrons. The van der Waals surface area contributed by atoms with Gasteiger partial charge in [-0.3, -0.25) is 4.79 Å². The van der Waals surface area contributed by atoms with Crippen molar-refractivity contribution in [2.24, 2.45) is 0 Å². The van der Waals surface area contributed by atoms with E-state index in [1.165, 1.54) is 0 Å². The van der Waals surface area contributed by atoms with E-state index in [0.717, 1.165) is 40.4 Å². The van der Waals surface area contributed by atoms with Gasteiger partial charge in [-0.2, -0.15) is 5.10 Å². The third kappa shape index (κ3) is 2.94. The Bertz CT molecular complexity index is 1210. The van der Waals surface area contributed by atoms with E-state index in [2.05, 4.69) is 0 Å². The van der Waals surface area contributed by atoms with Crippen LogP contribution in [0.1, 0.15) is 41.3 Å². The lowest BCUT2D eigenvalue weighted by Crippen LogP contribution is -2.38. The molecule has 5 heteroatoms. The maximum absolute atomic E-state index is 12.3. The van der Waals surface area contributed by atoms with Crippen LogP contribution in [0.25, 0.3) is 10.9 Å². The highest BCUT2D eigenvalue weighted by atomic mass is 16.5. The minimum Gasteiger partial charge on any atom is -0.460 e. The van der Waals surface area contributed by atoms with Gasteiger partial charge in [0.1, 0.15) is 5.75 Å². The molecule has 0 aliphatic heterocycles. The van der Waals surface area contributed by atoms with Crippen LogP contribution in [0.15, 0.2) is 72.9 Å². The molecule has 0 saturated heterocycles. The van der Waals surface area contributed by atoms with Crippen LogP contribution in [0, 0.1) is 0 Å². The zero-order valence-electron chi connectivity index (χ0n) is 16.8. The van der Waals surface area contributed by atoms with E-state index >= 15 is 0 Å². The molecule has 1 aliphatic carbocycles. The molecule has 4 aromatic rings. The van der Waals surface area contributed by atoms with Crippen molar-refractivity contribution in [2.75, 3.05) is 5.73 Å². The summed E-state index contributed by atoms with van der Waals surface area (Å²) in [5.41, 5.74) is 9.58. The number of rotatable bonds is 4. The Morgan fingerprint density at radius 1 is 1.00 bits per heavy atom. The summed E-state index contributed by atoms with van der Waals surface area (Å²) in [5.74, 6) is 0.716. The average Bonchev–Trinajstić information content (AvgIpc) is 3.22. The largest absolute Gasteiger partial charge is 0.460 e. The highest BCUT2D eigenvalue weighted by molar-refractivity contribution is 6.00. The van der Waals surface area contributed by atoms with Crippen molar-refractivity contribution in [3.05, 3.63) is 89.6 Å². The quantitative estimate of drug-likeness (QED) is 0.495. The zero-order valence-corrected chi connectivity index (χ0v) is 16.8. The Morgan fingerprint density at radius 3 is 2.57 bits per heavy atom. The maximum Gasteiger partial charge on any atom is 0.225 e. The number of ketones is 1. The fourth-order valence-electron chi connectivity index (χ4n) is 4.21. The third-order valence-electron chi connectivity index (χ3n) is 5.92. The fourth-order valence-corrected chi connectivity index (χ4v) is 4.21. The van der Waals surface area contributed by atoms with Crippen LogP contribution in [-0.2, 0) is 12.1 Å². The van der Waals surface area contributed by atoms with E-state index in [9.17, 15) is 4.79 Å². The van der Waals surface area contributed by atoms with E-state index in [1.54, 1.807) is 0 Å². The smallest absolute Gasteiger partial charge is 0.225 e. The molecular weight excluding hydrogens is 374 g/mol. The second-order valence-electron chi connectivity index (χ2n) is 7.86. The van der Waals surface area contributed by atoms with E-state index in [1.807, 2.05) is 84.5 Å². The number of carbonyl (C=O) groups excluding carboxylic acids is 1. The third-order valence-corrected chi connectivity index (χ3v) is 5.92. The van der Waals surface area contributed by atoms with Gasteiger partial charge in [-0.05, 0) is 36.6 Å². The van der Waals surface area contributed by atoms with Crippen LogP contribution in [0.2, 0.25) is 0 Å². The molecule has 0 radical (unpaired) electrons. The summed E-state index contributed by atoms with van der Waals surface area (Å²) < 4.78 is 8.44. The number of Topliss-reactive ketones (excluding diaryl/α,β-unsaturated/α-hetero) is 1. The number of fused-ring (bicyclic) bond motifs is 2. The topological polar surface area (TPSA) is 70.1 Å². The average molecular weight is 397 g/mol. The number of ether oxygens (including phenoxy) is 1. The summed E-state index contributed by atoms with van der Waals surface area (Å²) in [6, 6.07) is 21.6. The molecule has 0 fully saturated rings. The van der Waals surface area contributed by atoms with E-state index in [4.69, 9.17) is 15.6 Å². The van der Waals surface area contributed by atoms with Gasteiger partial charge < -0.3 is 10.5 Å². The molecule has 0 bridgehead atoms. The van der Waals surface area contributed by atoms with Gasteiger partial charge in [0, 0.05) is 36.1 Å². The maximum atomic E-state index is 12.3. The molecule has 0 unspecified atom stereocenters. The number of benzene rings is 3. The molecule has 0 saturated carbocycles. The normalized spacial score (nSPS) is 15.6. The lowest BCUT2D eigenvalue weighted by atomic mass is 9.89. The number of carbonyl (C=O) groups is 1. The van der Waals surface area contributed by atoms with Crippen molar-refractivity contribution >= 4 is 22.4 Å². The SMILES string of the molecule is C[C@](Oc1ccc2c(c1N)CCCC2=O)(c1ccccc1)n1cc2ccccc2n1. The molecule has 2 N–H and O–H groups in total. The second-order valence-corrected chi connectivity index (χ2v) is 7.86. The lowest BCUT2D eigenvalue weighted by Gasteiger charge is -2.33. The zero-order chi connectivity index (χ0) is 20.7. The molecule has 3 aromatic carbocycles. The van der Waals surface area contributed by atoms with E-state index < -0.39 is 5.72 Å². The molecular formula is C25H23N3O2. The van der Waals surface area contributed by atoms with Crippen LogP contribution in [0.3, 0.4) is 0 Å². The summed E-state index contributed by atoms with van der Waals surface area (Å²) in [6.45, 7) is 1.98. The summed E-state index contributed by atoms with van der Waals surface area (Å²) in [6.07, 6.45) is 4.17. The van der Waals surface area contributed by atoms with Crippen molar-refractivity contribution in [3.63, 3.8) is 0 Å². The molecule has 0 spiro atoms. The molecule has 5 nitrogen and oxygen atoms in total. The lowest BCUT2D eigenvalue weighted by molar-refractivity contribution is 0.0427. The predicted molar refractivity (Wildman–Crippen MR) is 118 cm³/mol. The second kappa shape index (κ2) is 7.02. The number of nitrogen functional groups attached to an aromatic ring is 1. The molecule has 1 aliphatic rings. The van der Waals surface area contributed by atoms with Gasteiger partial charge in [0.05, 0.1) is 11.2 Å². The Morgan fingerprint density at radius 2 is 1.77 bits per heavy atom. The summed E-state index contributed by atoms with van der Waals surface area (Å²) in [5, 5.41) is 5.82. The summed E-state index contributed by atoms with van der Waals surface area (Å²) in [4.78, 5) is 12.3. The van der Waals surface area contributed by atoms with Crippen molar-refractivity contribution in [1.29, 1.82) is 0 Å². The number of nitrogens with zero attached hydrogens (tertiary/aromatic N) is 2. The van der Waals surface area contributed by atoms with Crippen LogP contribution >= 0.6 is 0 Å². The van der Waals surface area contributed by atoms with Gasteiger partial charge in [-0.25, -0.2) is 4.68 Å². The monoisotopic (exact) mass is 397 g/mol. The Labute approximate surface area is 175 Å². The molecule has 0 amide bonds. The van der Waals surface area contributed by atoms with Crippen LogP contribution in [-0.4, -0.2) is 15.6 Å². The first-order valence-corrected chi connectivity index (χ1v) is 10.2. The first-order chi connectivity index (χ1) is 14.6. The van der Waals surface area contributed by atoms with Crippen molar-refractivity contribution in [3.8, 4) is 5.75 Å². The van der Waals surface area contributed by atoms with Gasteiger partial charge in [0.25, 0.3) is 0 Å². The van der Waals surface area contributed by atoms with Crippen LogP contribution in [0.5, 0.6) is 5.75 Å². The first-order valence-electron chi connectivity index (χ1n) is 10.2. The molecule has 30 heavy (non-hydrogen) atoms. The van der Waals surface area contributed by atoms with Gasteiger partial charge in [-0.1, -0.05) is 48.5 Å². The highest BCUT2D eigenvalue weighted by Crippen LogP contribution is 2.38. The van der Waals surface area contributed by atoms with E-state index in [0.29, 0.717) is 17.9 Å². The van der Waals surface area contributed by atoms with Gasteiger partial charge >= 0.3 is 0 Å². The van der Waals surface area contributed by atoms with Crippen molar-refractivity contribution in [2.45, 2.75) is 31.9 Å². The number of hydrogen-bond acceptors (Lipinski definition) is 4. The Balaban J connectivity index is 1.64. The van der Waals surface area contributed by atoms with E-state index in [-0.39, 0.29) is 5.78 Å². The van der Waals surface area contributed by atoms with Crippen molar-refractivity contribution < 1.29 is 9.53 Å². The van der Waals surface area contributed by atoms with Gasteiger partial charge in [0.2, 0.25) is 5.72 Å².